The highest BCUT2D eigenvalue weighted by Gasteiger charge is 2.30. The summed E-state index contributed by atoms with van der Waals surface area (Å²) < 4.78 is 10.6. The maximum atomic E-state index is 11.3. The van der Waals surface area contributed by atoms with Gasteiger partial charge in [-0.3, -0.25) is 4.98 Å². The standard InChI is InChI=1S/C14H11NO4/c16-14(17)9-3-8-4-11-12(19-6-18-11)5-10(8)15-13(9)7-1-2-7/h3-5,7H,1-2,6H2,(H,16,17). The molecule has 0 unspecified atom stereocenters. The van der Waals surface area contributed by atoms with E-state index in [-0.39, 0.29) is 6.79 Å². The van der Waals surface area contributed by atoms with Gasteiger partial charge in [0.15, 0.2) is 11.5 Å². The van der Waals surface area contributed by atoms with E-state index >= 15 is 0 Å². The van der Waals surface area contributed by atoms with Crippen LogP contribution in [0.15, 0.2) is 18.2 Å². The van der Waals surface area contributed by atoms with Gasteiger partial charge in [0.1, 0.15) is 0 Å². The highest BCUT2D eigenvalue weighted by Crippen LogP contribution is 2.42. The number of nitrogens with zero attached hydrogens (tertiary/aromatic N) is 1. The van der Waals surface area contributed by atoms with Crippen LogP contribution in [-0.4, -0.2) is 22.9 Å². The van der Waals surface area contributed by atoms with Gasteiger partial charge >= 0.3 is 5.97 Å². The lowest BCUT2D eigenvalue weighted by atomic mass is 10.1. The van der Waals surface area contributed by atoms with E-state index in [9.17, 15) is 9.90 Å². The first-order chi connectivity index (χ1) is 9.22. The zero-order valence-corrected chi connectivity index (χ0v) is 10.0. The Morgan fingerprint density at radius 2 is 1.95 bits per heavy atom. The molecule has 1 aliphatic heterocycles. The molecule has 1 aromatic carbocycles. The monoisotopic (exact) mass is 257 g/mol. The van der Waals surface area contributed by atoms with Gasteiger partial charge < -0.3 is 14.6 Å². The molecule has 5 heteroatoms. The Bertz CT molecular complexity index is 706. The maximum absolute atomic E-state index is 11.3. The predicted octanol–water partition coefficient (Wildman–Crippen LogP) is 2.54. The molecule has 4 rings (SSSR count). The van der Waals surface area contributed by atoms with Gasteiger partial charge in [-0.05, 0) is 25.0 Å². The number of aromatic carboxylic acids is 1. The zero-order chi connectivity index (χ0) is 13.0. The van der Waals surface area contributed by atoms with Crippen LogP contribution in [-0.2, 0) is 0 Å². The molecule has 0 spiro atoms. The van der Waals surface area contributed by atoms with Crippen LogP contribution in [0.25, 0.3) is 10.9 Å². The molecule has 1 N–H and O–H groups in total. The molecule has 2 aliphatic rings. The first-order valence-corrected chi connectivity index (χ1v) is 6.20. The van der Waals surface area contributed by atoms with Gasteiger partial charge in [-0.15, -0.1) is 0 Å². The number of pyridine rings is 1. The molecule has 2 aromatic rings. The molecule has 19 heavy (non-hydrogen) atoms. The summed E-state index contributed by atoms with van der Waals surface area (Å²) in [7, 11) is 0. The number of benzene rings is 1. The lowest BCUT2D eigenvalue weighted by Gasteiger charge is -2.07. The van der Waals surface area contributed by atoms with Crippen molar-refractivity contribution in [2.75, 3.05) is 6.79 Å². The predicted molar refractivity (Wildman–Crippen MR) is 66.8 cm³/mol. The number of carboxylic acids is 1. The van der Waals surface area contributed by atoms with E-state index in [4.69, 9.17) is 9.47 Å². The van der Waals surface area contributed by atoms with Crippen LogP contribution in [0, 0.1) is 0 Å². The number of fused-ring (bicyclic) bond motifs is 2. The highest BCUT2D eigenvalue weighted by atomic mass is 16.7. The van der Waals surface area contributed by atoms with Crippen molar-refractivity contribution in [3.05, 3.63) is 29.5 Å². The van der Waals surface area contributed by atoms with Crippen LogP contribution >= 0.6 is 0 Å². The Labute approximate surface area is 108 Å². The second-order valence-electron chi connectivity index (χ2n) is 4.90. The van der Waals surface area contributed by atoms with Crippen molar-refractivity contribution in [2.24, 2.45) is 0 Å². The lowest BCUT2D eigenvalue weighted by molar-refractivity contribution is 0.0695. The molecule has 0 atom stereocenters. The maximum Gasteiger partial charge on any atom is 0.337 e. The molecule has 1 saturated carbocycles. The van der Waals surface area contributed by atoms with Gasteiger partial charge in [0.25, 0.3) is 0 Å². The van der Waals surface area contributed by atoms with E-state index < -0.39 is 5.97 Å². The summed E-state index contributed by atoms with van der Waals surface area (Å²) in [6, 6.07) is 5.28. The number of aromatic nitrogens is 1. The van der Waals surface area contributed by atoms with Crippen molar-refractivity contribution in [3.63, 3.8) is 0 Å². The Morgan fingerprint density at radius 1 is 1.21 bits per heavy atom. The molecule has 0 saturated heterocycles. The number of rotatable bonds is 2. The molecule has 1 aliphatic carbocycles. The van der Waals surface area contributed by atoms with E-state index in [1.807, 2.05) is 6.07 Å². The quantitative estimate of drug-likeness (QED) is 0.895. The Hall–Kier alpha value is -2.30. The second kappa shape index (κ2) is 3.60. The van der Waals surface area contributed by atoms with Crippen LogP contribution in [0.5, 0.6) is 11.5 Å². The van der Waals surface area contributed by atoms with Crippen molar-refractivity contribution in [2.45, 2.75) is 18.8 Å². The fourth-order valence-electron chi connectivity index (χ4n) is 2.42. The molecular formula is C14H11NO4. The third-order valence-electron chi connectivity index (χ3n) is 3.53. The van der Waals surface area contributed by atoms with Gasteiger partial charge in [-0.1, -0.05) is 0 Å². The zero-order valence-electron chi connectivity index (χ0n) is 10.0. The van der Waals surface area contributed by atoms with Gasteiger partial charge in [0, 0.05) is 17.4 Å². The minimum atomic E-state index is -0.922. The molecule has 2 heterocycles. The molecular weight excluding hydrogens is 246 g/mol. The Morgan fingerprint density at radius 3 is 2.63 bits per heavy atom. The molecule has 96 valence electrons. The number of ether oxygens (including phenoxy) is 2. The molecule has 0 bridgehead atoms. The molecule has 1 aromatic heterocycles. The minimum absolute atomic E-state index is 0.201. The topological polar surface area (TPSA) is 68.7 Å². The summed E-state index contributed by atoms with van der Waals surface area (Å²) in [6.45, 7) is 0.201. The van der Waals surface area contributed by atoms with Crippen LogP contribution < -0.4 is 9.47 Å². The van der Waals surface area contributed by atoms with Crippen molar-refractivity contribution < 1.29 is 19.4 Å². The average Bonchev–Trinajstić information content (AvgIpc) is 3.14. The normalized spacial score (nSPS) is 16.8. The summed E-state index contributed by atoms with van der Waals surface area (Å²) in [5.41, 5.74) is 1.75. The Balaban J connectivity index is 1.98. The van der Waals surface area contributed by atoms with Gasteiger partial charge in [0.05, 0.1) is 16.8 Å². The molecule has 0 radical (unpaired) electrons. The van der Waals surface area contributed by atoms with Crippen molar-refractivity contribution in [1.82, 2.24) is 4.98 Å². The average molecular weight is 257 g/mol. The smallest absolute Gasteiger partial charge is 0.337 e. The number of carbonyl (C=O) groups is 1. The van der Waals surface area contributed by atoms with Crippen LogP contribution in [0.2, 0.25) is 0 Å². The van der Waals surface area contributed by atoms with Crippen molar-refractivity contribution in [3.8, 4) is 11.5 Å². The van der Waals surface area contributed by atoms with Crippen LogP contribution in [0.3, 0.4) is 0 Å². The van der Waals surface area contributed by atoms with E-state index in [0.29, 0.717) is 28.7 Å². The Kier molecular flexibility index (Phi) is 2.01. The van der Waals surface area contributed by atoms with E-state index in [2.05, 4.69) is 4.98 Å². The number of carboxylic acid groups (broad SMARTS) is 1. The molecule has 1 fully saturated rings. The molecule has 0 amide bonds. The van der Waals surface area contributed by atoms with E-state index in [0.717, 1.165) is 23.7 Å². The summed E-state index contributed by atoms with van der Waals surface area (Å²) in [5, 5.41) is 10.1. The summed E-state index contributed by atoms with van der Waals surface area (Å²) in [6.07, 6.45) is 2.03. The lowest BCUT2D eigenvalue weighted by Crippen LogP contribution is -2.04. The fraction of sp³-hybridized carbons (Fsp3) is 0.286. The van der Waals surface area contributed by atoms with Gasteiger partial charge in [0.2, 0.25) is 6.79 Å². The van der Waals surface area contributed by atoms with E-state index in [1.165, 1.54) is 0 Å². The van der Waals surface area contributed by atoms with Gasteiger partial charge in [-0.25, -0.2) is 4.79 Å². The van der Waals surface area contributed by atoms with Gasteiger partial charge in [-0.2, -0.15) is 0 Å². The summed E-state index contributed by atoms with van der Waals surface area (Å²) in [5.74, 6) is 0.685. The summed E-state index contributed by atoms with van der Waals surface area (Å²) in [4.78, 5) is 15.9. The minimum Gasteiger partial charge on any atom is -0.478 e. The first kappa shape index (κ1) is 10.6. The fourth-order valence-corrected chi connectivity index (χ4v) is 2.42. The largest absolute Gasteiger partial charge is 0.478 e. The van der Waals surface area contributed by atoms with Crippen molar-refractivity contribution >= 4 is 16.9 Å². The highest BCUT2D eigenvalue weighted by molar-refractivity contribution is 5.95. The number of hydrogen-bond acceptors (Lipinski definition) is 4. The summed E-state index contributed by atoms with van der Waals surface area (Å²) >= 11 is 0. The number of hydrogen-bond donors (Lipinski definition) is 1. The first-order valence-electron chi connectivity index (χ1n) is 6.20. The van der Waals surface area contributed by atoms with Crippen LogP contribution in [0.4, 0.5) is 0 Å². The van der Waals surface area contributed by atoms with Crippen molar-refractivity contribution in [1.29, 1.82) is 0 Å². The molecule has 5 nitrogen and oxygen atoms in total. The SMILES string of the molecule is O=C(O)c1cc2cc3c(cc2nc1C1CC1)OCO3. The third kappa shape index (κ3) is 1.62. The second-order valence-corrected chi connectivity index (χ2v) is 4.90. The third-order valence-corrected chi connectivity index (χ3v) is 3.53. The van der Waals surface area contributed by atoms with E-state index in [1.54, 1.807) is 12.1 Å². The van der Waals surface area contributed by atoms with Crippen LogP contribution in [0.1, 0.15) is 34.8 Å².